The van der Waals surface area contributed by atoms with Crippen molar-refractivity contribution in [2.24, 2.45) is 0 Å². The molecule has 42 heavy (non-hydrogen) atoms. The molecule has 1 rings (SSSR count). The molecule has 1 heterocycles. The number of nitrogens with one attached hydrogen (secondary N) is 1. The minimum Gasteiger partial charge on any atom is -0.394 e. The molecule has 0 aliphatic carbocycles. The number of rotatable bonds is 24. The first-order valence-electron chi connectivity index (χ1n) is 15.7. The fraction of sp³-hybridized carbons (Fsp3) is 0.867. The summed E-state index contributed by atoms with van der Waals surface area (Å²) in [5.74, 6) is 0.977. The standard InChI is InChI=1S/C28H55N2O7PS.C2H2O/c1-4-5-6-7-8-9-10-11-12-13-14-15-16-17-27(32)29-18-19-35-23-28(33)30-21-26(20-25(30)22-31)37-38(34,39)36-24(2)3;1-2-3/h24-26,31H,4-23H2,1-3H3,(H,29,32)(H,34,39);1H2. The lowest BCUT2D eigenvalue weighted by atomic mass is 10.0. The average molecular weight is 637 g/mol. The van der Waals surface area contributed by atoms with Crippen LogP contribution in [-0.2, 0) is 40.0 Å². The van der Waals surface area contributed by atoms with E-state index in [-0.39, 0.29) is 44.3 Å². The Labute approximate surface area is 259 Å². The maximum absolute atomic E-state index is 12.6. The smallest absolute Gasteiger partial charge is 0.325 e. The first-order valence-corrected chi connectivity index (χ1v) is 18.3. The van der Waals surface area contributed by atoms with E-state index in [0.717, 1.165) is 12.8 Å². The number of hydrogen-bond donors (Lipinski definition) is 3. The molecule has 12 heteroatoms. The molecule has 10 nitrogen and oxygen atoms in total. The molecule has 0 aromatic rings. The second kappa shape index (κ2) is 26.3. The molecule has 246 valence electrons. The molecule has 1 aliphatic heterocycles. The Morgan fingerprint density at radius 2 is 1.57 bits per heavy atom. The van der Waals surface area contributed by atoms with Crippen LogP contribution >= 0.6 is 6.72 Å². The maximum Gasteiger partial charge on any atom is 0.325 e. The zero-order chi connectivity index (χ0) is 31.6. The van der Waals surface area contributed by atoms with Crippen molar-refractivity contribution in [2.45, 2.75) is 135 Å². The van der Waals surface area contributed by atoms with E-state index in [1.807, 2.05) is 0 Å². The first-order chi connectivity index (χ1) is 20.1. The molecule has 1 aliphatic rings. The van der Waals surface area contributed by atoms with Crippen LogP contribution in [0.4, 0.5) is 0 Å². The summed E-state index contributed by atoms with van der Waals surface area (Å²) in [6.07, 6.45) is 16.7. The van der Waals surface area contributed by atoms with E-state index < -0.39 is 18.9 Å². The number of carbonyl (C=O) groups excluding carboxylic acids is 3. The molecule has 0 saturated carbocycles. The lowest BCUT2D eigenvalue weighted by Crippen LogP contribution is -2.40. The lowest BCUT2D eigenvalue weighted by molar-refractivity contribution is -0.137. The first kappa shape index (κ1) is 40.8. The van der Waals surface area contributed by atoms with Crippen molar-refractivity contribution in [3.05, 3.63) is 6.58 Å². The van der Waals surface area contributed by atoms with Gasteiger partial charge in [0.2, 0.25) is 11.8 Å². The van der Waals surface area contributed by atoms with Crippen molar-refractivity contribution in [2.75, 3.05) is 32.9 Å². The van der Waals surface area contributed by atoms with Crippen molar-refractivity contribution in [1.29, 1.82) is 0 Å². The monoisotopic (exact) mass is 636 g/mol. The predicted molar refractivity (Wildman–Crippen MR) is 170 cm³/mol. The number of aliphatic hydroxyl groups is 1. The Balaban J connectivity index is 0.00000535. The summed E-state index contributed by atoms with van der Waals surface area (Å²) < 4.78 is 16.3. The number of amides is 2. The number of likely N-dealkylation sites (tertiary alicyclic amines) is 1. The molecule has 3 atom stereocenters. The van der Waals surface area contributed by atoms with E-state index in [0.29, 0.717) is 19.4 Å². The number of carbonyl (C=O) groups is 2. The van der Waals surface area contributed by atoms with Crippen LogP contribution < -0.4 is 5.32 Å². The summed E-state index contributed by atoms with van der Waals surface area (Å²) >= 11 is 5.03. The van der Waals surface area contributed by atoms with Gasteiger partial charge in [0.05, 0.1) is 31.5 Å². The highest BCUT2D eigenvalue weighted by Crippen LogP contribution is 2.47. The van der Waals surface area contributed by atoms with Gasteiger partial charge < -0.3 is 34.0 Å². The Morgan fingerprint density at radius 1 is 1.05 bits per heavy atom. The van der Waals surface area contributed by atoms with Crippen LogP contribution in [-0.4, -0.2) is 83.8 Å². The molecule has 3 N–H and O–H groups in total. The molecule has 0 aromatic heterocycles. The van der Waals surface area contributed by atoms with Gasteiger partial charge in [-0.05, 0) is 45.1 Å². The quantitative estimate of drug-likeness (QED) is 0.0740. The van der Waals surface area contributed by atoms with E-state index in [2.05, 4.69) is 18.8 Å². The summed E-state index contributed by atoms with van der Waals surface area (Å²) in [6, 6.07) is -0.430. The number of hydrogen-bond acceptors (Lipinski definition) is 8. The van der Waals surface area contributed by atoms with Crippen LogP contribution in [0.5, 0.6) is 0 Å². The van der Waals surface area contributed by atoms with Gasteiger partial charge in [0.1, 0.15) is 12.5 Å². The fourth-order valence-corrected chi connectivity index (χ4v) is 6.80. The molecule has 0 aromatic carbocycles. The minimum absolute atomic E-state index is 0.0104. The SMILES string of the molecule is C=C=O.CCCCCCCCCCCCCCCC(=O)NCCOCC(=O)N1CC(OP(O)(=S)OC(C)C)CC1CO. The Kier molecular flexibility index (Phi) is 25.5. The Hall–Kier alpha value is -1.16. The van der Waals surface area contributed by atoms with Gasteiger partial charge >= 0.3 is 6.72 Å². The van der Waals surface area contributed by atoms with Gasteiger partial charge in [-0.25, -0.2) is 4.79 Å². The van der Waals surface area contributed by atoms with Gasteiger partial charge in [0.15, 0.2) is 0 Å². The van der Waals surface area contributed by atoms with Crippen molar-refractivity contribution < 1.29 is 38.2 Å². The van der Waals surface area contributed by atoms with Gasteiger partial charge in [0, 0.05) is 19.5 Å². The van der Waals surface area contributed by atoms with Gasteiger partial charge in [0.25, 0.3) is 0 Å². The molecule has 0 bridgehead atoms. The normalized spacial score (nSPS) is 17.8. The molecule has 0 spiro atoms. The number of nitrogens with zero attached hydrogens (tertiary/aromatic N) is 1. The summed E-state index contributed by atoms with van der Waals surface area (Å²) in [6.45, 7) is 5.42. The summed E-state index contributed by atoms with van der Waals surface area (Å²) in [4.78, 5) is 44.9. The van der Waals surface area contributed by atoms with Crippen LogP contribution in [0, 0.1) is 0 Å². The second-order valence-corrected chi connectivity index (χ2v) is 13.8. The van der Waals surface area contributed by atoms with Crippen molar-refractivity contribution in [3.8, 4) is 0 Å². The van der Waals surface area contributed by atoms with Crippen LogP contribution in [0.25, 0.3) is 0 Å². The summed E-state index contributed by atoms with van der Waals surface area (Å²) in [5, 5.41) is 12.5. The third kappa shape index (κ3) is 22.4. The number of aliphatic hydroxyl groups excluding tert-OH is 1. The van der Waals surface area contributed by atoms with Gasteiger partial charge in [-0.2, -0.15) is 0 Å². The minimum atomic E-state index is -3.41. The van der Waals surface area contributed by atoms with E-state index >= 15 is 0 Å². The topological polar surface area (TPSA) is 135 Å². The average Bonchev–Trinajstić information content (AvgIpc) is 3.32. The summed E-state index contributed by atoms with van der Waals surface area (Å²) in [7, 11) is 0. The van der Waals surface area contributed by atoms with Crippen LogP contribution in [0.15, 0.2) is 6.58 Å². The molecule has 3 unspecified atom stereocenters. The third-order valence-electron chi connectivity index (χ3n) is 6.83. The van der Waals surface area contributed by atoms with Crippen LogP contribution in [0.3, 0.4) is 0 Å². The van der Waals surface area contributed by atoms with Crippen molar-refractivity contribution in [3.63, 3.8) is 0 Å². The number of unbranched alkanes of at least 4 members (excludes halogenated alkanes) is 12. The highest BCUT2D eigenvalue weighted by Gasteiger charge is 2.38. The maximum atomic E-state index is 12.6. The fourth-order valence-electron chi connectivity index (χ4n) is 4.80. The van der Waals surface area contributed by atoms with Gasteiger partial charge in [-0.1, -0.05) is 84.0 Å². The Bertz CT molecular complexity index is 795. The summed E-state index contributed by atoms with van der Waals surface area (Å²) in [5.41, 5.74) is 0. The zero-order valence-corrected chi connectivity index (χ0v) is 27.9. The van der Waals surface area contributed by atoms with Crippen molar-refractivity contribution in [1.82, 2.24) is 10.2 Å². The molecule has 1 saturated heterocycles. The zero-order valence-electron chi connectivity index (χ0n) is 26.2. The highest BCUT2D eigenvalue weighted by molar-refractivity contribution is 8.07. The number of ether oxygens (including phenoxy) is 1. The second-order valence-electron chi connectivity index (χ2n) is 11.0. The van der Waals surface area contributed by atoms with E-state index in [4.69, 9.17) is 30.4 Å². The lowest BCUT2D eigenvalue weighted by Gasteiger charge is -2.23. The van der Waals surface area contributed by atoms with E-state index in [1.165, 1.54) is 81.5 Å². The van der Waals surface area contributed by atoms with Crippen LogP contribution in [0.1, 0.15) is 117 Å². The highest BCUT2D eigenvalue weighted by atomic mass is 32.5. The molecule has 2 amide bonds. The van der Waals surface area contributed by atoms with E-state index in [1.54, 1.807) is 13.8 Å². The molecular weight excluding hydrogens is 579 g/mol. The molecule has 0 radical (unpaired) electrons. The third-order valence-corrected chi connectivity index (χ3v) is 8.60. The largest absolute Gasteiger partial charge is 0.394 e. The van der Waals surface area contributed by atoms with Crippen LogP contribution in [0.2, 0.25) is 0 Å². The van der Waals surface area contributed by atoms with E-state index in [9.17, 15) is 19.6 Å². The van der Waals surface area contributed by atoms with Gasteiger partial charge in [-0.3, -0.25) is 9.59 Å². The van der Waals surface area contributed by atoms with Crippen molar-refractivity contribution >= 4 is 36.3 Å². The molecule has 1 fully saturated rings. The van der Waals surface area contributed by atoms with Gasteiger partial charge in [-0.15, -0.1) is 0 Å². The Morgan fingerprint density at radius 3 is 2.07 bits per heavy atom. The predicted octanol–water partition coefficient (Wildman–Crippen LogP) is 5.22. The molecular formula is C30H57N2O8PS.